The predicted octanol–water partition coefficient (Wildman–Crippen LogP) is 1.45. The van der Waals surface area contributed by atoms with Crippen molar-refractivity contribution < 1.29 is 11.2 Å². The van der Waals surface area contributed by atoms with Crippen molar-refractivity contribution in [3.63, 3.8) is 0 Å². The third-order valence-corrected chi connectivity index (χ3v) is 2.50. The molecule has 0 aromatic rings. The van der Waals surface area contributed by atoms with E-state index in [1.165, 1.54) is 18.8 Å². The van der Waals surface area contributed by atoms with E-state index in [4.69, 9.17) is 11.2 Å². The van der Waals surface area contributed by atoms with E-state index in [9.17, 15) is 0 Å². The first-order chi connectivity index (χ1) is 4.85. The monoisotopic (exact) mass is 204 g/mol. The molecule has 0 aliphatic heterocycles. The van der Waals surface area contributed by atoms with Crippen molar-refractivity contribution in [1.29, 1.82) is 0 Å². The van der Waals surface area contributed by atoms with E-state index >= 15 is 0 Å². The summed E-state index contributed by atoms with van der Waals surface area (Å²) in [7, 11) is 0. The van der Waals surface area contributed by atoms with E-state index in [0.29, 0.717) is 0 Å². The summed E-state index contributed by atoms with van der Waals surface area (Å²) in [5, 5.41) is 0. The molecule has 0 aliphatic rings. The number of hydrogen-bond donors (Lipinski definition) is 0. The summed E-state index contributed by atoms with van der Waals surface area (Å²) in [6, 6.07) is 0. The second-order valence-corrected chi connectivity index (χ2v) is 3.31. The van der Waals surface area contributed by atoms with Crippen molar-refractivity contribution in [3.8, 4) is 0 Å². The molecule has 0 spiro atoms. The van der Waals surface area contributed by atoms with Gasteiger partial charge in [0.15, 0.2) is 0 Å². The zero-order chi connectivity index (χ0) is 7.82. The van der Waals surface area contributed by atoms with Crippen molar-refractivity contribution in [2.24, 2.45) is 0 Å². The van der Waals surface area contributed by atoms with Gasteiger partial charge in [0.05, 0.1) is 0 Å². The molecule has 0 saturated carbocycles. The zero-order valence-electron chi connectivity index (χ0n) is 5.53. The summed E-state index contributed by atoms with van der Waals surface area (Å²) in [5.41, 5.74) is 0. The van der Waals surface area contributed by atoms with Gasteiger partial charge in [-0.25, -0.2) is 0 Å². The van der Waals surface area contributed by atoms with E-state index < -0.39 is 15.7 Å². The van der Waals surface area contributed by atoms with Crippen LogP contribution in [0.2, 0.25) is 0 Å². The van der Waals surface area contributed by atoms with Crippen LogP contribution in [0.3, 0.4) is 0 Å². The minimum atomic E-state index is -2.15. The molecule has 0 amide bonds. The summed E-state index contributed by atoms with van der Waals surface area (Å²) in [4.78, 5) is 0. The Hall–Kier alpha value is -0.822. The molecule has 0 aromatic carbocycles. The van der Waals surface area contributed by atoms with Crippen LogP contribution in [-0.4, -0.2) is 15.7 Å². The third kappa shape index (κ3) is 4.10. The van der Waals surface area contributed by atoms with E-state index in [0.717, 1.165) is 0 Å². The minimum absolute atomic E-state index is 1.27. The fourth-order valence-corrected chi connectivity index (χ4v) is 1.34. The Morgan fingerprint density at radius 1 is 0.800 bits per heavy atom. The Bertz CT molecular complexity index is 100. The molecule has 0 bridgehead atoms. The second kappa shape index (κ2) is 6.30. The van der Waals surface area contributed by atoms with Gasteiger partial charge in [0.2, 0.25) is 0 Å². The van der Waals surface area contributed by atoms with Crippen molar-refractivity contribution >= 4 is 15.7 Å². The normalized spacial score (nSPS) is 8.10. The van der Waals surface area contributed by atoms with Gasteiger partial charge in [-0.1, -0.05) is 0 Å². The molecule has 0 fully saturated rings. The third-order valence-electron chi connectivity index (χ3n) is 0.482. The van der Waals surface area contributed by atoms with Crippen LogP contribution in [0.4, 0.5) is 0 Å². The van der Waals surface area contributed by atoms with E-state index in [2.05, 4.69) is 19.7 Å². The fourth-order valence-electron chi connectivity index (χ4n) is 0.257. The van der Waals surface area contributed by atoms with Crippen LogP contribution in [0, 0.1) is 0 Å². The molecule has 0 N–H and O–H groups in total. The summed E-state index contributed by atoms with van der Waals surface area (Å²) in [5.74, 6) is 0. The molecule has 56 valence electrons. The van der Waals surface area contributed by atoms with Gasteiger partial charge in [-0.3, -0.25) is 0 Å². The van der Waals surface area contributed by atoms with Gasteiger partial charge in [0.1, 0.15) is 0 Å². The summed E-state index contributed by atoms with van der Waals surface area (Å²) < 4.78 is 14.5. The van der Waals surface area contributed by atoms with Crippen LogP contribution in [0.15, 0.2) is 38.5 Å². The average molecular weight is 204 g/mol. The zero-order valence-corrected chi connectivity index (χ0v) is 7.40. The van der Waals surface area contributed by atoms with E-state index in [1.807, 2.05) is 0 Å². The summed E-state index contributed by atoms with van der Waals surface area (Å²) in [6.07, 6.45) is 3.81. The van der Waals surface area contributed by atoms with E-state index in [-0.39, 0.29) is 0 Å². The SMILES string of the molecule is C=CO[As](OC=C)OC=C. The molecule has 0 atom stereocenters. The van der Waals surface area contributed by atoms with Crippen molar-refractivity contribution in [2.75, 3.05) is 0 Å². The molecular weight excluding hydrogens is 195 g/mol. The Kier molecular flexibility index (Phi) is 5.78. The van der Waals surface area contributed by atoms with Crippen LogP contribution >= 0.6 is 0 Å². The van der Waals surface area contributed by atoms with Gasteiger partial charge >= 0.3 is 65.4 Å². The summed E-state index contributed by atoms with van der Waals surface area (Å²) in [6.45, 7) is 10.1. The van der Waals surface area contributed by atoms with E-state index in [1.54, 1.807) is 0 Å². The van der Waals surface area contributed by atoms with Crippen LogP contribution in [0.25, 0.3) is 0 Å². The van der Waals surface area contributed by atoms with Gasteiger partial charge < -0.3 is 0 Å². The molecule has 0 aromatic heterocycles. The van der Waals surface area contributed by atoms with Crippen molar-refractivity contribution in [3.05, 3.63) is 38.5 Å². The maximum absolute atomic E-state index is 4.85. The Morgan fingerprint density at radius 3 is 1.30 bits per heavy atom. The molecule has 0 aliphatic carbocycles. The molecule has 10 heavy (non-hydrogen) atoms. The predicted molar refractivity (Wildman–Crippen MR) is 39.6 cm³/mol. The van der Waals surface area contributed by atoms with Crippen molar-refractivity contribution in [2.45, 2.75) is 0 Å². The Balaban J connectivity index is 3.58. The average Bonchev–Trinajstić information content (AvgIpc) is 1.90. The number of rotatable bonds is 6. The molecular formula is C6H9AsO3. The molecule has 0 heterocycles. The number of hydrogen-bond acceptors (Lipinski definition) is 3. The quantitative estimate of drug-likeness (QED) is 0.484. The topological polar surface area (TPSA) is 27.7 Å². The van der Waals surface area contributed by atoms with Crippen LogP contribution in [0.1, 0.15) is 0 Å². The van der Waals surface area contributed by atoms with Gasteiger partial charge in [-0.15, -0.1) is 0 Å². The first-order valence-electron chi connectivity index (χ1n) is 2.48. The van der Waals surface area contributed by atoms with Crippen LogP contribution in [-0.2, 0) is 11.2 Å². The molecule has 0 unspecified atom stereocenters. The van der Waals surface area contributed by atoms with Crippen molar-refractivity contribution in [1.82, 2.24) is 0 Å². The first-order valence-corrected chi connectivity index (χ1v) is 4.78. The molecule has 0 saturated heterocycles. The van der Waals surface area contributed by atoms with Gasteiger partial charge in [-0.05, 0) is 0 Å². The van der Waals surface area contributed by atoms with Crippen LogP contribution in [0.5, 0.6) is 0 Å². The molecule has 0 radical (unpaired) electrons. The standard InChI is InChI=1S/C6H9AsO3/c1-4-8-7(9-5-2)10-6-3/h4-6H,1-3H2. The fraction of sp³-hybridized carbons (Fsp3) is 0. The summed E-state index contributed by atoms with van der Waals surface area (Å²) >= 11 is -2.15. The molecule has 3 nitrogen and oxygen atoms in total. The maximum atomic E-state index is 4.85. The Morgan fingerprint density at radius 2 is 1.10 bits per heavy atom. The van der Waals surface area contributed by atoms with Gasteiger partial charge in [0.25, 0.3) is 0 Å². The van der Waals surface area contributed by atoms with Gasteiger partial charge in [0, 0.05) is 0 Å². The molecule has 0 rings (SSSR count). The second-order valence-electron chi connectivity index (χ2n) is 1.04. The van der Waals surface area contributed by atoms with Gasteiger partial charge in [-0.2, -0.15) is 0 Å². The Labute approximate surface area is 65.9 Å². The van der Waals surface area contributed by atoms with Crippen LogP contribution < -0.4 is 0 Å². The first kappa shape index (κ1) is 9.18. The molecule has 4 heteroatoms.